The number of hydrogen-bond acceptors (Lipinski definition) is 2. The van der Waals surface area contributed by atoms with E-state index in [9.17, 15) is 4.79 Å². The molecule has 0 saturated carbocycles. The van der Waals surface area contributed by atoms with E-state index in [1.165, 1.54) is 0 Å². The van der Waals surface area contributed by atoms with Crippen LogP contribution < -0.4 is 16.2 Å². The van der Waals surface area contributed by atoms with Crippen molar-refractivity contribution in [2.24, 2.45) is 4.99 Å². The maximum atomic E-state index is 11.8. The molecule has 3 aromatic rings. The van der Waals surface area contributed by atoms with Gasteiger partial charge in [0, 0.05) is 44.3 Å². The first kappa shape index (κ1) is 22.7. The normalized spacial score (nSPS) is 11.0. The van der Waals surface area contributed by atoms with Gasteiger partial charge in [0.2, 0.25) is 0 Å². The predicted octanol–water partition coefficient (Wildman–Crippen LogP) is 3.07. The van der Waals surface area contributed by atoms with Crippen molar-refractivity contribution in [3.8, 4) is 0 Å². The van der Waals surface area contributed by atoms with Gasteiger partial charge in [-0.25, -0.2) is 4.99 Å². The van der Waals surface area contributed by atoms with Gasteiger partial charge in [-0.2, -0.15) is 0 Å². The van der Waals surface area contributed by atoms with E-state index < -0.39 is 0 Å². The van der Waals surface area contributed by atoms with Crippen molar-refractivity contribution in [2.45, 2.75) is 26.6 Å². The highest BCUT2D eigenvalue weighted by molar-refractivity contribution is 14.0. The number of aromatic nitrogens is 2. The van der Waals surface area contributed by atoms with Gasteiger partial charge in [0.25, 0.3) is 5.56 Å². The predicted molar refractivity (Wildman–Crippen MR) is 129 cm³/mol. The van der Waals surface area contributed by atoms with Gasteiger partial charge in [0.15, 0.2) is 5.96 Å². The molecule has 0 fully saturated rings. The topological polar surface area (TPSA) is 63.4 Å². The molecule has 0 saturated heterocycles. The van der Waals surface area contributed by atoms with E-state index in [-0.39, 0.29) is 29.5 Å². The molecule has 2 heterocycles. The zero-order valence-electron chi connectivity index (χ0n) is 16.6. The second-order valence-corrected chi connectivity index (χ2v) is 6.53. The van der Waals surface area contributed by atoms with Gasteiger partial charge < -0.3 is 19.8 Å². The monoisotopic (exact) mass is 505 g/mol. The third-order valence-corrected chi connectivity index (χ3v) is 4.37. The standard InChI is InChI=1S/C22H27N5O.HI/c1-2-23-22(24-12-16-26-13-5-6-14-26)25-17-19-8-10-20(11-9-19)18-27-15-4-3-7-21(27)28;/h3-11,13-15H,2,12,16-18H2,1H3,(H2,23,24,25);1H. The summed E-state index contributed by atoms with van der Waals surface area (Å²) in [5.41, 5.74) is 2.24. The Kier molecular flexibility index (Phi) is 9.49. The number of benzene rings is 1. The first-order chi connectivity index (χ1) is 13.7. The van der Waals surface area contributed by atoms with Crippen molar-refractivity contribution in [3.63, 3.8) is 0 Å². The summed E-state index contributed by atoms with van der Waals surface area (Å²) >= 11 is 0. The molecule has 154 valence electrons. The zero-order valence-corrected chi connectivity index (χ0v) is 19.0. The first-order valence-corrected chi connectivity index (χ1v) is 9.61. The number of pyridine rings is 1. The summed E-state index contributed by atoms with van der Waals surface area (Å²) < 4.78 is 3.83. The molecular formula is C22H28IN5O. The molecule has 0 unspecified atom stereocenters. The number of hydrogen-bond donors (Lipinski definition) is 2. The highest BCUT2D eigenvalue weighted by Crippen LogP contribution is 2.07. The van der Waals surface area contributed by atoms with Crippen LogP contribution in [0.2, 0.25) is 0 Å². The van der Waals surface area contributed by atoms with Crippen LogP contribution >= 0.6 is 24.0 Å². The van der Waals surface area contributed by atoms with Crippen LogP contribution in [0.4, 0.5) is 0 Å². The molecule has 2 N–H and O–H groups in total. The molecule has 2 aromatic heterocycles. The Morgan fingerprint density at radius 3 is 2.31 bits per heavy atom. The second-order valence-electron chi connectivity index (χ2n) is 6.53. The van der Waals surface area contributed by atoms with Crippen LogP contribution in [0.25, 0.3) is 0 Å². The van der Waals surface area contributed by atoms with Gasteiger partial charge in [0.1, 0.15) is 0 Å². The van der Waals surface area contributed by atoms with Crippen LogP contribution in [0.3, 0.4) is 0 Å². The molecule has 6 nitrogen and oxygen atoms in total. The summed E-state index contributed by atoms with van der Waals surface area (Å²) in [5.74, 6) is 0.814. The maximum absolute atomic E-state index is 11.8. The fourth-order valence-electron chi connectivity index (χ4n) is 2.87. The fraction of sp³-hybridized carbons (Fsp3) is 0.273. The van der Waals surface area contributed by atoms with Crippen LogP contribution in [0.1, 0.15) is 18.1 Å². The molecule has 0 aliphatic rings. The third kappa shape index (κ3) is 7.41. The number of nitrogens with zero attached hydrogens (tertiary/aromatic N) is 3. The van der Waals surface area contributed by atoms with Crippen LogP contribution in [0, 0.1) is 0 Å². The number of aliphatic imine (C=N–C) groups is 1. The number of guanidine groups is 1. The summed E-state index contributed by atoms with van der Waals surface area (Å²) in [7, 11) is 0. The number of rotatable bonds is 8. The van der Waals surface area contributed by atoms with Gasteiger partial charge >= 0.3 is 0 Å². The summed E-state index contributed by atoms with van der Waals surface area (Å²) in [6, 6.07) is 17.5. The number of halogens is 1. The molecule has 0 atom stereocenters. The lowest BCUT2D eigenvalue weighted by Gasteiger charge is -2.12. The highest BCUT2D eigenvalue weighted by Gasteiger charge is 2.00. The first-order valence-electron chi connectivity index (χ1n) is 9.61. The lowest BCUT2D eigenvalue weighted by molar-refractivity contribution is 0.666. The van der Waals surface area contributed by atoms with Gasteiger partial charge in [-0.1, -0.05) is 30.3 Å². The van der Waals surface area contributed by atoms with Crippen LogP contribution in [0.5, 0.6) is 0 Å². The third-order valence-electron chi connectivity index (χ3n) is 4.37. The molecule has 1 aromatic carbocycles. The van der Waals surface area contributed by atoms with Crippen molar-refractivity contribution < 1.29 is 0 Å². The summed E-state index contributed by atoms with van der Waals surface area (Å²) in [6.07, 6.45) is 5.91. The summed E-state index contributed by atoms with van der Waals surface area (Å²) in [5, 5.41) is 6.63. The Balaban J connectivity index is 0.00000300. The van der Waals surface area contributed by atoms with Gasteiger partial charge in [-0.15, -0.1) is 24.0 Å². The van der Waals surface area contributed by atoms with Gasteiger partial charge in [-0.05, 0) is 36.2 Å². The average Bonchev–Trinajstić information content (AvgIpc) is 3.22. The van der Waals surface area contributed by atoms with E-state index in [4.69, 9.17) is 0 Å². The Morgan fingerprint density at radius 2 is 1.62 bits per heavy atom. The van der Waals surface area contributed by atoms with E-state index in [1.54, 1.807) is 16.7 Å². The Hall–Kier alpha value is -2.55. The molecule has 0 aliphatic heterocycles. The van der Waals surface area contributed by atoms with Crippen molar-refractivity contribution in [3.05, 3.63) is 94.7 Å². The highest BCUT2D eigenvalue weighted by atomic mass is 127. The second kappa shape index (κ2) is 12.1. The minimum atomic E-state index is 0. The number of nitrogens with one attached hydrogen (secondary N) is 2. The van der Waals surface area contributed by atoms with E-state index >= 15 is 0 Å². The Bertz CT molecular complexity index is 932. The van der Waals surface area contributed by atoms with Crippen molar-refractivity contribution in [1.29, 1.82) is 0 Å². The van der Waals surface area contributed by atoms with Crippen LogP contribution in [-0.4, -0.2) is 28.2 Å². The molecule has 0 spiro atoms. The maximum Gasteiger partial charge on any atom is 0.250 e. The van der Waals surface area contributed by atoms with Crippen LogP contribution in [0.15, 0.2) is 83.0 Å². The van der Waals surface area contributed by atoms with Crippen molar-refractivity contribution >= 4 is 29.9 Å². The molecule has 3 rings (SSSR count). The van der Waals surface area contributed by atoms with E-state index in [2.05, 4.69) is 63.8 Å². The van der Waals surface area contributed by atoms with Gasteiger partial charge in [0.05, 0.1) is 13.1 Å². The van der Waals surface area contributed by atoms with Crippen molar-refractivity contribution in [1.82, 2.24) is 19.8 Å². The van der Waals surface area contributed by atoms with E-state index in [0.29, 0.717) is 13.1 Å². The SMILES string of the molecule is CCNC(=NCc1ccc(Cn2ccccc2=O)cc1)NCCn1cccc1.I. The molecule has 7 heteroatoms. The minimum Gasteiger partial charge on any atom is -0.357 e. The zero-order chi connectivity index (χ0) is 19.6. The molecule has 0 radical (unpaired) electrons. The Labute approximate surface area is 188 Å². The van der Waals surface area contributed by atoms with Crippen molar-refractivity contribution in [2.75, 3.05) is 13.1 Å². The average molecular weight is 505 g/mol. The molecular weight excluding hydrogens is 477 g/mol. The van der Waals surface area contributed by atoms with Gasteiger partial charge in [-0.3, -0.25) is 4.79 Å². The Morgan fingerprint density at radius 1 is 0.931 bits per heavy atom. The fourth-order valence-corrected chi connectivity index (χ4v) is 2.87. The molecule has 0 aliphatic carbocycles. The lowest BCUT2D eigenvalue weighted by atomic mass is 10.1. The van der Waals surface area contributed by atoms with E-state index in [1.807, 2.05) is 24.4 Å². The molecule has 29 heavy (non-hydrogen) atoms. The quantitative estimate of drug-likeness (QED) is 0.281. The smallest absolute Gasteiger partial charge is 0.250 e. The van der Waals surface area contributed by atoms with E-state index in [0.717, 1.165) is 36.7 Å². The molecule has 0 amide bonds. The summed E-state index contributed by atoms with van der Waals surface area (Å²) in [4.78, 5) is 16.5. The minimum absolute atomic E-state index is 0. The van der Waals surface area contributed by atoms with Crippen LogP contribution in [-0.2, 0) is 19.6 Å². The molecule has 0 bridgehead atoms. The largest absolute Gasteiger partial charge is 0.357 e. The lowest BCUT2D eigenvalue weighted by Crippen LogP contribution is -2.38. The summed E-state index contributed by atoms with van der Waals surface area (Å²) in [6.45, 7) is 5.76.